The third-order valence-electron chi connectivity index (χ3n) is 7.77. The molecule has 1 saturated carbocycles. The molecule has 6 rings (SSSR count). The lowest BCUT2D eigenvalue weighted by Crippen LogP contribution is -2.35. The highest BCUT2D eigenvalue weighted by Gasteiger charge is 2.45. The van der Waals surface area contributed by atoms with E-state index < -0.39 is 5.60 Å². The summed E-state index contributed by atoms with van der Waals surface area (Å²) in [6.45, 7) is 7.53. The largest absolute Gasteiger partial charge is 0.386 e. The number of anilines is 1. The average Bonchev–Trinajstić information content (AvgIpc) is 3.53. The zero-order valence-corrected chi connectivity index (χ0v) is 21.3. The van der Waals surface area contributed by atoms with Crippen LogP contribution in [0.4, 0.5) is 5.82 Å². The number of aromatic nitrogens is 5. The van der Waals surface area contributed by atoms with Crippen molar-refractivity contribution in [2.24, 2.45) is 17.6 Å². The fourth-order valence-corrected chi connectivity index (χ4v) is 5.96. The maximum absolute atomic E-state index is 10.3. The topological polar surface area (TPSA) is 129 Å². The highest BCUT2D eigenvalue weighted by molar-refractivity contribution is 5.85. The maximum Gasteiger partial charge on any atom is 0.147 e. The van der Waals surface area contributed by atoms with E-state index in [1.54, 1.807) is 37.0 Å². The Kier molecular flexibility index (Phi) is 5.30. The summed E-state index contributed by atoms with van der Waals surface area (Å²) in [5, 5.41) is 24.4. The molecule has 0 spiro atoms. The number of aliphatic hydroxyl groups is 1. The molecule has 2 aliphatic rings. The van der Waals surface area contributed by atoms with E-state index in [1.165, 1.54) is 0 Å². The van der Waals surface area contributed by atoms with E-state index >= 15 is 0 Å². The molecule has 3 N–H and O–H groups in total. The standard InChI is InChI=1S/C28H30N8O/c1-27(2,37)21-4-5-23(31-11-21)17-6-22(26-20(9-29)10-34-36(26)16-17)24-12-33-25(13-32-24)35-14-18-7-28(3,30)8-19(18)15-35/h4-6,10-13,16,18-19,37H,7-8,14-15,30H2,1-3H3/t18-,19+,28?. The Labute approximate surface area is 215 Å². The summed E-state index contributed by atoms with van der Waals surface area (Å²) in [5.41, 5.74) is 10.2. The van der Waals surface area contributed by atoms with Crippen molar-refractivity contribution in [3.05, 3.63) is 60.3 Å². The van der Waals surface area contributed by atoms with Crippen molar-refractivity contribution < 1.29 is 5.11 Å². The van der Waals surface area contributed by atoms with E-state index in [0.29, 0.717) is 28.6 Å². The fourth-order valence-electron chi connectivity index (χ4n) is 5.96. The van der Waals surface area contributed by atoms with Crippen LogP contribution in [0.2, 0.25) is 0 Å². The summed E-state index contributed by atoms with van der Waals surface area (Å²) < 4.78 is 1.69. The van der Waals surface area contributed by atoms with Gasteiger partial charge < -0.3 is 15.7 Å². The number of pyridine rings is 2. The van der Waals surface area contributed by atoms with Gasteiger partial charge in [0.1, 0.15) is 11.9 Å². The van der Waals surface area contributed by atoms with Crippen LogP contribution in [0.3, 0.4) is 0 Å². The Bertz CT molecular complexity index is 1490. The van der Waals surface area contributed by atoms with Crippen LogP contribution >= 0.6 is 0 Å². The number of fused-ring (bicyclic) bond motifs is 2. The van der Waals surface area contributed by atoms with Gasteiger partial charge in [0.25, 0.3) is 0 Å². The molecule has 0 aromatic carbocycles. The van der Waals surface area contributed by atoms with Crippen molar-refractivity contribution in [1.82, 2.24) is 24.6 Å². The Morgan fingerprint density at radius 3 is 2.38 bits per heavy atom. The summed E-state index contributed by atoms with van der Waals surface area (Å²) in [4.78, 5) is 16.4. The number of nitrogens with zero attached hydrogens (tertiary/aromatic N) is 7. The van der Waals surface area contributed by atoms with Crippen molar-refractivity contribution in [2.45, 2.75) is 44.8 Å². The first-order valence-corrected chi connectivity index (χ1v) is 12.6. The molecular formula is C28H30N8O. The Balaban J connectivity index is 1.35. The minimum atomic E-state index is -0.973. The average molecular weight is 495 g/mol. The van der Waals surface area contributed by atoms with Gasteiger partial charge >= 0.3 is 0 Å². The van der Waals surface area contributed by atoms with Gasteiger partial charge in [-0.2, -0.15) is 10.4 Å². The maximum atomic E-state index is 10.3. The van der Waals surface area contributed by atoms with E-state index in [0.717, 1.165) is 54.1 Å². The molecule has 1 unspecified atom stereocenters. The van der Waals surface area contributed by atoms with Gasteiger partial charge in [-0.25, -0.2) is 9.50 Å². The van der Waals surface area contributed by atoms with Gasteiger partial charge in [-0.3, -0.25) is 9.97 Å². The Hall–Kier alpha value is -3.87. The summed E-state index contributed by atoms with van der Waals surface area (Å²) in [7, 11) is 0. The molecule has 0 amide bonds. The van der Waals surface area contributed by atoms with Gasteiger partial charge in [0.05, 0.1) is 46.7 Å². The van der Waals surface area contributed by atoms with Crippen molar-refractivity contribution in [3.63, 3.8) is 0 Å². The Morgan fingerprint density at radius 1 is 1.05 bits per heavy atom. The number of hydrogen-bond acceptors (Lipinski definition) is 8. The van der Waals surface area contributed by atoms with Gasteiger partial charge in [-0.05, 0) is 57.6 Å². The third-order valence-corrected chi connectivity index (χ3v) is 7.77. The second-order valence-electron chi connectivity index (χ2n) is 11.3. The minimum Gasteiger partial charge on any atom is -0.386 e. The van der Waals surface area contributed by atoms with Crippen LogP contribution in [0, 0.1) is 23.2 Å². The summed E-state index contributed by atoms with van der Waals surface area (Å²) in [5.74, 6) is 2.07. The minimum absolute atomic E-state index is 0.0550. The third kappa shape index (κ3) is 4.22. The molecule has 1 aliphatic heterocycles. The van der Waals surface area contributed by atoms with E-state index in [1.807, 2.05) is 30.6 Å². The van der Waals surface area contributed by atoms with Crippen LogP contribution in [0.5, 0.6) is 0 Å². The summed E-state index contributed by atoms with van der Waals surface area (Å²) >= 11 is 0. The lowest BCUT2D eigenvalue weighted by Gasteiger charge is -2.23. The van der Waals surface area contributed by atoms with Crippen molar-refractivity contribution in [3.8, 4) is 28.6 Å². The van der Waals surface area contributed by atoms with E-state index in [2.05, 4.69) is 28.0 Å². The van der Waals surface area contributed by atoms with Gasteiger partial charge in [-0.1, -0.05) is 6.07 Å². The molecule has 5 heterocycles. The lowest BCUT2D eigenvalue weighted by molar-refractivity contribution is 0.0782. The number of hydrogen-bond donors (Lipinski definition) is 2. The molecule has 4 aromatic heterocycles. The number of rotatable bonds is 4. The first-order chi connectivity index (χ1) is 17.6. The van der Waals surface area contributed by atoms with Crippen molar-refractivity contribution in [1.29, 1.82) is 5.26 Å². The fraction of sp³-hybridized carbons (Fsp3) is 0.393. The lowest BCUT2D eigenvalue weighted by atomic mass is 9.99. The molecule has 3 atom stereocenters. The molecule has 0 radical (unpaired) electrons. The molecule has 2 fully saturated rings. The van der Waals surface area contributed by atoms with Crippen LogP contribution in [-0.4, -0.2) is 48.3 Å². The van der Waals surface area contributed by atoms with Gasteiger partial charge in [-0.15, -0.1) is 0 Å². The molecule has 188 valence electrons. The quantitative estimate of drug-likeness (QED) is 0.441. The van der Waals surface area contributed by atoms with E-state index in [-0.39, 0.29) is 5.54 Å². The summed E-state index contributed by atoms with van der Waals surface area (Å²) in [6, 6.07) is 7.94. The predicted molar refractivity (Wildman–Crippen MR) is 140 cm³/mol. The molecule has 1 aliphatic carbocycles. The molecule has 1 saturated heterocycles. The zero-order chi connectivity index (χ0) is 25.9. The summed E-state index contributed by atoms with van der Waals surface area (Å²) in [6.07, 6.45) is 10.8. The van der Waals surface area contributed by atoms with Crippen LogP contribution in [0.25, 0.3) is 28.0 Å². The molecular weight excluding hydrogens is 464 g/mol. The van der Waals surface area contributed by atoms with Crippen molar-refractivity contribution in [2.75, 3.05) is 18.0 Å². The van der Waals surface area contributed by atoms with E-state index in [4.69, 9.17) is 15.7 Å². The SMILES string of the molecule is CC1(N)C[C@H]2CN(c3cnc(-c4cc(-c5ccc(C(C)(C)O)cn5)cn5ncc(C#N)c45)cn3)C[C@H]2C1. The van der Waals surface area contributed by atoms with Crippen LogP contribution < -0.4 is 10.6 Å². The number of nitriles is 1. The van der Waals surface area contributed by atoms with Gasteiger partial charge in [0, 0.05) is 47.7 Å². The molecule has 0 bridgehead atoms. The predicted octanol–water partition coefficient (Wildman–Crippen LogP) is 3.52. The second kappa shape index (κ2) is 8.33. The van der Waals surface area contributed by atoms with Gasteiger partial charge in [0.15, 0.2) is 0 Å². The van der Waals surface area contributed by atoms with E-state index in [9.17, 15) is 10.4 Å². The normalized spacial score (nSPS) is 23.4. The molecule has 9 heteroatoms. The monoisotopic (exact) mass is 494 g/mol. The van der Waals surface area contributed by atoms with Crippen LogP contribution in [0.15, 0.2) is 49.2 Å². The Morgan fingerprint density at radius 2 is 1.78 bits per heavy atom. The second-order valence-corrected chi connectivity index (χ2v) is 11.3. The smallest absolute Gasteiger partial charge is 0.147 e. The molecule has 4 aromatic rings. The van der Waals surface area contributed by atoms with Gasteiger partial charge in [0.2, 0.25) is 0 Å². The van der Waals surface area contributed by atoms with Crippen molar-refractivity contribution >= 4 is 11.3 Å². The molecule has 9 nitrogen and oxygen atoms in total. The zero-order valence-electron chi connectivity index (χ0n) is 21.3. The number of nitrogens with two attached hydrogens (primary N) is 1. The van der Waals surface area contributed by atoms with Crippen LogP contribution in [-0.2, 0) is 5.60 Å². The van der Waals surface area contributed by atoms with Crippen LogP contribution in [0.1, 0.15) is 44.7 Å². The highest BCUT2D eigenvalue weighted by Crippen LogP contribution is 2.43. The first-order valence-electron chi connectivity index (χ1n) is 12.6. The highest BCUT2D eigenvalue weighted by atomic mass is 16.3. The first kappa shape index (κ1) is 23.5. The molecule has 37 heavy (non-hydrogen) atoms.